The van der Waals surface area contributed by atoms with Crippen LogP contribution in [0.15, 0.2) is 11.0 Å². The summed E-state index contributed by atoms with van der Waals surface area (Å²) in [6.07, 6.45) is 2.79. The first-order valence-corrected chi connectivity index (χ1v) is 7.58. The molecule has 1 saturated heterocycles. The van der Waals surface area contributed by atoms with Crippen molar-refractivity contribution >= 4 is 29.2 Å². The van der Waals surface area contributed by atoms with Gasteiger partial charge in [-0.15, -0.1) is 0 Å². The molecule has 0 saturated carbocycles. The lowest BCUT2D eigenvalue weighted by molar-refractivity contribution is -0.149. The highest BCUT2D eigenvalue weighted by Crippen LogP contribution is 2.19. The molecule has 6 nitrogen and oxygen atoms in total. The van der Waals surface area contributed by atoms with Crippen LogP contribution in [0.5, 0.6) is 0 Å². The van der Waals surface area contributed by atoms with Gasteiger partial charge in [0.2, 0.25) is 0 Å². The summed E-state index contributed by atoms with van der Waals surface area (Å²) in [7, 11) is 0. The highest BCUT2D eigenvalue weighted by atomic mass is 35.5. The molecule has 0 atom stereocenters. The van der Waals surface area contributed by atoms with Crippen molar-refractivity contribution in [3.05, 3.63) is 26.6 Å². The summed E-state index contributed by atoms with van der Waals surface area (Å²) in [5.41, 5.74) is -0.406. The zero-order valence-electron chi connectivity index (χ0n) is 11.7. The fourth-order valence-corrected chi connectivity index (χ4v) is 2.58. The highest BCUT2D eigenvalue weighted by molar-refractivity contribution is 6.41. The van der Waals surface area contributed by atoms with Crippen molar-refractivity contribution in [2.75, 3.05) is 19.7 Å². The van der Waals surface area contributed by atoms with Crippen LogP contribution in [0.25, 0.3) is 0 Å². The second-order valence-corrected chi connectivity index (χ2v) is 5.68. The lowest BCUT2D eigenvalue weighted by Gasteiger charge is -2.30. The van der Waals surface area contributed by atoms with E-state index in [4.69, 9.17) is 27.9 Å². The van der Waals surface area contributed by atoms with Gasteiger partial charge >= 0.3 is 5.97 Å². The van der Waals surface area contributed by atoms with Crippen molar-refractivity contribution in [2.45, 2.75) is 26.4 Å². The number of hydrogen-bond acceptors (Lipinski definition) is 5. The van der Waals surface area contributed by atoms with Crippen molar-refractivity contribution in [2.24, 2.45) is 5.92 Å². The van der Waals surface area contributed by atoms with Crippen molar-refractivity contribution in [3.8, 4) is 0 Å². The Kier molecular flexibility index (Phi) is 5.61. The summed E-state index contributed by atoms with van der Waals surface area (Å²) in [6.45, 7) is 3.96. The Morgan fingerprint density at radius 2 is 2.10 bits per heavy atom. The van der Waals surface area contributed by atoms with Gasteiger partial charge in [0.05, 0.1) is 30.4 Å². The van der Waals surface area contributed by atoms with E-state index in [1.807, 2.05) is 4.90 Å². The Morgan fingerprint density at radius 1 is 1.43 bits per heavy atom. The number of esters is 1. The number of aromatic nitrogens is 2. The van der Waals surface area contributed by atoms with Gasteiger partial charge in [-0.25, -0.2) is 4.68 Å². The van der Waals surface area contributed by atoms with Crippen LogP contribution in [-0.2, 0) is 16.2 Å². The van der Waals surface area contributed by atoms with E-state index < -0.39 is 5.56 Å². The van der Waals surface area contributed by atoms with Crippen molar-refractivity contribution in [3.63, 3.8) is 0 Å². The lowest BCUT2D eigenvalue weighted by Crippen LogP contribution is -2.40. The van der Waals surface area contributed by atoms with Crippen LogP contribution in [-0.4, -0.2) is 40.3 Å². The highest BCUT2D eigenvalue weighted by Gasteiger charge is 2.26. The molecule has 1 aliphatic rings. The number of rotatable bonds is 4. The van der Waals surface area contributed by atoms with E-state index in [1.165, 1.54) is 10.9 Å². The van der Waals surface area contributed by atoms with E-state index in [0.717, 1.165) is 12.8 Å². The number of likely N-dealkylation sites (tertiary alicyclic amines) is 1. The van der Waals surface area contributed by atoms with Crippen LogP contribution >= 0.6 is 23.2 Å². The summed E-state index contributed by atoms with van der Waals surface area (Å²) >= 11 is 11.6. The lowest BCUT2D eigenvalue weighted by atomic mass is 9.97. The molecule has 0 N–H and O–H groups in total. The van der Waals surface area contributed by atoms with Gasteiger partial charge in [-0.1, -0.05) is 23.2 Å². The van der Waals surface area contributed by atoms with Gasteiger partial charge in [-0.05, 0) is 19.8 Å². The third-order valence-electron chi connectivity index (χ3n) is 3.48. The summed E-state index contributed by atoms with van der Waals surface area (Å²) in [5.74, 6) is -0.193. The number of hydrogen-bond donors (Lipinski definition) is 0. The Bertz CT molecular complexity index is 568. The first kappa shape index (κ1) is 16.3. The summed E-state index contributed by atoms with van der Waals surface area (Å²) in [5, 5.41) is 4.10. The fraction of sp³-hybridized carbons (Fsp3) is 0.615. The molecule has 2 heterocycles. The molecule has 1 aromatic rings. The molecule has 0 bridgehead atoms. The molecule has 0 spiro atoms. The Balaban J connectivity index is 1.94. The SMILES string of the molecule is CCOC(=O)C1CCN(Cn2ncc(Cl)c(Cl)c2=O)CC1. The molecule has 0 aromatic carbocycles. The second kappa shape index (κ2) is 7.24. The molecule has 8 heteroatoms. The van der Waals surface area contributed by atoms with E-state index >= 15 is 0 Å². The number of carbonyl (C=O) groups excluding carboxylic acids is 1. The van der Waals surface area contributed by atoms with Crippen LogP contribution in [0.2, 0.25) is 10.0 Å². The van der Waals surface area contributed by atoms with Gasteiger partial charge in [0.15, 0.2) is 0 Å². The van der Waals surface area contributed by atoms with Gasteiger partial charge in [0.1, 0.15) is 5.02 Å². The minimum Gasteiger partial charge on any atom is -0.466 e. The number of ether oxygens (including phenoxy) is 1. The van der Waals surface area contributed by atoms with Crippen LogP contribution in [0, 0.1) is 5.92 Å². The molecular formula is C13H17Cl2N3O3. The van der Waals surface area contributed by atoms with Crippen molar-refractivity contribution < 1.29 is 9.53 Å². The molecule has 21 heavy (non-hydrogen) atoms. The predicted molar refractivity (Wildman–Crippen MR) is 79.4 cm³/mol. The Morgan fingerprint density at radius 3 is 2.71 bits per heavy atom. The maximum absolute atomic E-state index is 11.9. The largest absolute Gasteiger partial charge is 0.466 e. The molecule has 1 aromatic heterocycles. The molecule has 0 amide bonds. The third kappa shape index (κ3) is 3.96. The minimum absolute atomic E-state index is 0.0203. The van der Waals surface area contributed by atoms with Gasteiger partial charge in [0.25, 0.3) is 5.56 Å². The van der Waals surface area contributed by atoms with Gasteiger partial charge in [-0.3, -0.25) is 14.5 Å². The fourth-order valence-electron chi connectivity index (χ4n) is 2.31. The minimum atomic E-state index is -0.406. The molecule has 0 aliphatic carbocycles. The van der Waals surface area contributed by atoms with Crippen molar-refractivity contribution in [1.82, 2.24) is 14.7 Å². The zero-order valence-corrected chi connectivity index (χ0v) is 13.2. The number of piperidine rings is 1. The Hall–Kier alpha value is -1.11. The smallest absolute Gasteiger partial charge is 0.309 e. The predicted octanol–water partition coefficient (Wildman–Crippen LogP) is 1.78. The summed E-state index contributed by atoms with van der Waals surface area (Å²) in [4.78, 5) is 25.6. The number of halogens is 2. The third-order valence-corrected chi connectivity index (χ3v) is 4.23. The van der Waals surface area contributed by atoms with Gasteiger partial charge in [-0.2, -0.15) is 5.10 Å². The van der Waals surface area contributed by atoms with E-state index in [2.05, 4.69) is 5.10 Å². The number of carbonyl (C=O) groups is 1. The monoisotopic (exact) mass is 333 g/mol. The van der Waals surface area contributed by atoms with Crippen LogP contribution < -0.4 is 5.56 Å². The average molecular weight is 334 g/mol. The van der Waals surface area contributed by atoms with Crippen LogP contribution in [0.3, 0.4) is 0 Å². The van der Waals surface area contributed by atoms with Crippen molar-refractivity contribution in [1.29, 1.82) is 0 Å². The molecular weight excluding hydrogens is 317 g/mol. The first-order valence-electron chi connectivity index (χ1n) is 6.83. The van der Waals surface area contributed by atoms with E-state index in [0.29, 0.717) is 26.4 Å². The number of nitrogens with zero attached hydrogens (tertiary/aromatic N) is 3. The Labute approximate surface area is 132 Å². The zero-order chi connectivity index (χ0) is 15.4. The molecule has 1 aliphatic heterocycles. The molecule has 116 valence electrons. The van der Waals surface area contributed by atoms with E-state index in [9.17, 15) is 9.59 Å². The maximum Gasteiger partial charge on any atom is 0.309 e. The normalized spacial score (nSPS) is 16.9. The maximum atomic E-state index is 11.9. The van der Waals surface area contributed by atoms with Gasteiger partial charge in [0, 0.05) is 13.1 Å². The topological polar surface area (TPSA) is 64.4 Å². The standard InChI is InChI=1S/C13H17Cl2N3O3/c1-2-21-13(20)9-3-5-17(6-4-9)8-18-12(19)11(15)10(14)7-16-18/h7,9H,2-6,8H2,1H3. The molecule has 0 unspecified atom stereocenters. The van der Waals surface area contributed by atoms with Crippen LogP contribution in [0.4, 0.5) is 0 Å². The first-order chi connectivity index (χ1) is 10.0. The summed E-state index contributed by atoms with van der Waals surface area (Å²) in [6, 6.07) is 0. The molecule has 0 radical (unpaired) electrons. The summed E-state index contributed by atoms with van der Waals surface area (Å²) < 4.78 is 6.30. The van der Waals surface area contributed by atoms with E-state index in [-0.39, 0.29) is 21.9 Å². The molecule has 1 fully saturated rings. The van der Waals surface area contributed by atoms with E-state index in [1.54, 1.807) is 6.92 Å². The average Bonchev–Trinajstić information content (AvgIpc) is 2.49. The van der Waals surface area contributed by atoms with Gasteiger partial charge < -0.3 is 4.74 Å². The second-order valence-electron chi connectivity index (χ2n) is 4.90. The van der Waals surface area contributed by atoms with Crippen LogP contribution in [0.1, 0.15) is 19.8 Å². The molecule has 2 rings (SSSR count). The quantitative estimate of drug-likeness (QED) is 0.786.